The molecule has 138 valence electrons. The van der Waals surface area contributed by atoms with Crippen LogP contribution < -0.4 is 0 Å². The number of ketones is 2. The number of hydrogen-bond acceptors (Lipinski definition) is 4. The van der Waals surface area contributed by atoms with Crippen molar-refractivity contribution < 1.29 is 14.7 Å². The summed E-state index contributed by atoms with van der Waals surface area (Å²) in [4.78, 5) is 26.4. The van der Waals surface area contributed by atoms with Gasteiger partial charge in [0, 0.05) is 42.1 Å². The normalized spacial score (nSPS) is 17.6. The number of carbonyl (C=O) groups is 2. The number of hydrogen-bond donors (Lipinski definition) is 1. The zero-order valence-electron chi connectivity index (χ0n) is 15.4. The minimum atomic E-state index is -0.871. The maximum Gasteiger partial charge on any atom is 0.174 e. The fourth-order valence-electron chi connectivity index (χ4n) is 4.19. The van der Waals surface area contributed by atoms with Gasteiger partial charge < -0.3 is 5.11 Å². The number of carbonyl (C=O) groups excluding carboxylic acids is 2. The molecule has 5 rings (SSSR count). The molecule has 0 saturated heterocycles. The summed E-state index contributed by atoms with van der Waals surface area (Å²) in [5.74, 6) is -1.28. The number of Topliss-reactive ketones (excluding diaryl/α,β-unsaturated/α-hetero) is 2. The smallest absolute Gasteiger partial charge is 0.174 e. The molecule has 0 amide bonds. The highest BCUT2D eigenvalue weighted by molar-refractivity contribution is 7.26. The second kappa shape index (κ2) is 6.09. The van der Waals surface area contributed by atoms with E-state index in [1.807, 2.05) is 30.3 Å². The Kier molecular flexibility index (Phi) is 3.76. The molecule has 28 heavy (non-hydrogen) atoms. The van der Waals surface area contributed by atoms with Gasteiger partial charge in [-0.1, -0.05) is 48.6 Å². The molecular formula is C24H18O3S. The summed E-state index contributed by atoms with van der Waals surface area (Å²) in [5, 5.41) is 14.1. The number of aliphatic hydroxyl groups is 1. The van der Waals surface area contributed by atoms with Crippen molar-refractivity contribution in [2.75, 3.05) is 0 Å². The van der Waals surface area contributed by atoms with Gasteiger partial charge in [-0.25, -0.2) is 0 Å². The Balaban J connectivity index is 1.82. The molecule has 1 N–H and O–H groups in total. The molecule has 3 aromatic carbocycles. The van der Waals surface area contributed by atoms with Gasteiger partial charge in [-0.15, -0.1) is 11.3 Å². The molecule has 0 aliphatic heterocycles. The first-order chi connectivity index (χ1) is 13.5. The number of benzene rings is 3. The molecule has 1 aliphatic carbocycles. The van der Waals surface area contributed by atoms with E-state index >= 15 is 0 Å². The predicted molar refractivity (Wildman–Crippen MR) is 114 cm³/mol. The first kappa shape index (κ1) is 17.3. The molecule has 2 unspecified atom stereocenters. The molecule has 1 aliphatic rings. The zero-order valence-corrected chi connectivity index (χ0v) is 16.2. The summed E-state index contributed by atoms with van der Waals surface area (Å²) >= 11 is 1.69. The van der Waals surface area contributed by atoms with Crippen LogP contribution in [0.25, 0.3) is 30.9 Å². The standard InChI is InChI=1S/C24H18O3S/c1-12(2)19(25)11-18-22(26)14-7-5-8-15-21(14)17(23(18)27)10-16-13-6-3-4-9-20(13)28-24(15)16/h3-10,18-19,25H,1,11H2,2H3. The fourth-order valence-corrected chi connectivity index (χ4v) is 5.40. The average molecular weight is 386 g/mol. The van der Waals surface area contributed by atoms with Crippen LogP contribution >= 0.6 is 11.3 Å². The minimum absolute atomic E-state index is 0.0747. The van der Waals surface area contributed by atoms with Crippen molar-refractivity contribution in [3.8, 4) is 0 Å². The lowest BCUT2D eigenvalue weighted by atomic mass is 9.76. The highest BCUT2D eigenvalue weighted by Gasteiger charge is 2.37. The Morgan fingerprint density at radius 2 is 1.75 bits per heavy atom. The van der Waals surface area contributed by atoms with Gasteiger partial charge in [0.1, 0.15) is 0 Å². The predicted octanol–water partition coefficient (Wildman–Crippen LogP) is 5.53. The van der Waals surface area contributed by atoms with E-state index in [9.17, 15) is 14.7 Å². The summed E-state index contributed by atoms with van der Waals surface area (Å²) in [6.45, 7) is 5.46. The van der Waals surface area contributed by atoms with E-state index in [1.165, 1.54) is 0 Å². The van der Waals surface area contributed by atoms with Crippen molar-refractivity contribution in [3.05, 3.63) is 71.8 Å². The highest BCUT2D eigenvalue weighted by atomic mass is 32.1. The Morgan fingerprint density at radius 1 is 1.04 bits per heavy atom. The van der Waals surface area contributed by atoms with Gasteiger partial charge in [-0.2, -0.15) is 0 Å². The van der Waals surface area contributed by atoms with E-state index in [0.717, 1.165) is 30.9 Å². The van der Waals surface area contributed by atoms with Gasteiger partial charge in [0.15, 0.2) is 11.6 Å². The monoisotopic (exact) mass is 386 g/mol. The lowest BCUT2D eigenvalue weighted by molar-refractivity contribution is 0.0742. The van der Waals surface area contributed by atoms with Crippen LogP contribution in [-0.4, -0.2) is 22.8 Å². The van der Waals surface area contributed by atoms with Crippen molar-refractivity contribution in [2.24, 2.45) is 5.92 Å². The molecular weight excluding hydrogens is 368 g/mol. The van der Waals surface area contributed by atoms with Crippen LogP contribution in [-0.2, 0) is 0 Å². The average Bonchev–Trinajstić information content (AvgIpc) is 3.07. The largest absolute Gasteiger partial charge is 0.389 e. The van der Waals surface area contributed by atoms with Gasteiger partial charge in [0.05, 0.1) is 12.0 Å². The van der Waals surface area contributed by atoms with Gasteiger partial charge in [-0.05, 0) is 25.5 Å². The summed E-state index contributed by atoms with van der Waals surface area (Å²) in [6, 6.07) is 15.8. The second-order valence-corrected chi connectivity index (χ2v) is 8.56. The molecule has 0 radical (unpaired) electrons. The lowest BCUT2D eigenvalue weighted by Crippen LogP contribution is -2.32. The third-order valence-electron chi connectivity index (χ3n) is 5.69. The first-order valence-corrected chi connectivity index (χ1v) is 10.1. The summed E-state index contributed by atoms with van der Waals surface area (Å²) in [7, 11) is 0. The van der Waals surface area contributed by atoms with Gasteiger partial charge in [0.2, 0.25) is 0 Å². The molecule has 4 aromatic rings. The molecule has 0 bridgehead atoms. The molecule has 0 saturated carbocycles. The van der Waals surface area contributed by atoms with Crippen molar-refractivity contribution in [1.82, 2.24) is 0 Å². The number of fused-ring (bicyclic) bond motifs is 4. The van der Waals surface area contributed by atoms with E-state index in [1.54, 1.807) is 24.3 Å². The molecule has 1 heterocycles. The summed E-state index contributed by atoms with van der Waals surface area (Å²) in [6.07, 6.45) is -0.796. The van der Waals surface area contributed by atoms with Gasteiger partial charge in [-0.3, -0.25) is 9.59 Å². The molecule has 0 fully saturated rings. The van der Waals surface area contributed by atoms with E-state index in [-0.39, 0.29) is 18.0 Å². The van der Waals surface area contributed by atoms with E-state index < -0.39 is 12.0 Å². The fraction of sp³-hybridized carbons (Fsp3) is 0.167. The van der Waals surface area contributed by atoms with Crippen molar-refractivity contribution >= 4 is 53.8 Å². The summed E-state index contributed by atoms with van der Waals surface area (Å²) < 4.78 is 2.26. The van der Waals surface area contributed by atoms with Crippen molar-refractivity contribution in [3.63, 3.8) is 0 Å². The van der Waals surface area contributed by atoms with Crippen LogP contribution in [0.2, 0.25) is 0 Å². The molecule has 4 heteroatoms. The van der Waals surface area contributed by atoms with Crippen LogP contribution in [0.3, 0.4) is 0 Å². The molecule has 0 spiro atoms. The van der Waals surface area contributed by atoms with Crippen LogP contribution in [0.4, 0.5) is 0 Å². The van der Waals surface area contributed by atoms with Crippen LogP contribution in [0, 0.1) is 5.92 Å². The SMILES string of the molecule is C=C(C)C(O)CC1C(=O)c2cccc3c2c(cc2c4ccccc4sc32)C1=O. The van der Waals surface area contributed by atoms with Crippen molar-refractivity contribution in [1.29, 1.82) is 0 Å². The number of rotatable bonds is 3. The third kappa shape index (κ3) is 2.32. The Labute approximate surface area is 165 Å². The topological polar surface area (TPSA) is 54.4 Å². The number of aliphatic hydroxyl groups excluding tert-OH is 1. The van der Waals surface area contributed by atoms with Crippen LogP contribution in [0.15, 0.2) is 60.7 Å². The minimum Gasteiger partial charge on any atom is -0.389 e. The molecule has 1 aromatic heterocycles. The van der Waals surface area contributed by atoms with E-state index in [0.29, 0.717) is 16.7 Å². The Bertz CT molecular complexity index is 1330. The van der Waals surface area contributed by atoms with Crippen LogP contribution in [0.5, 0.6) is 0 Å². The molecule has 3 nitrogen and oxygen atoms in total. The van der Waals surface area contributed by atoms with E-state index in [2.05, 4.69) is 18.7 Å². The third-order valence-corrected chi connectivity index (χ3v) is 6.91. The maximum absolute atomic E-state index is 13.3. The van der Waals surface area contributed by atoms with Crippen molar-refractivity contribution in [2.45, 2.75) is 19.4 Å². The first-order valence-electron chi connectivity index (χ1n) is 9.26. The maximum atomic E-state index is 13.3. The molecule has 2 atom stereocenters. The van der Waals surface area contributed by atoms with Crippen LogP contribution in [0.1, 0.15) is 34.1 Å². The second-order valence-electron chi connectivity index (χ2n) is 7.51. The Morgan fingerprint density at radius 3 is 2.54 bits per heavy atom. The quantitative estimate of drug-likeness (QED) is 0.372. The lowest BCUT2D eigenvalue weighted by Gasteiger charge is -2.25. The van der Waals surface area contributed by atoms with Gasteiger partial charge >= 0.3 is 0 Å². The summed E-state index contributed by atoms with van der Waals surface area (Å²) in [5.41, 5.74) is 1.72. The van der Waals surface area contributed by atoms with E-state index in [4.69, 9.17) is 0 Å². The Hall–Kier alpha value is -2.82. The highest BCUT2D eigenvalue weighted by Crippen LogP contribution is 2.43. The number of thiophene rings is 1. The van der Waals surface area contributed by atoms with Gasteiger partial charge in [0.25, 0.3) is 0 Å². The zero-order chi connectivity index (χ0) is 19.6.